The van der Waals surface area contributed by atoms with Gasteiger partial charge in [0, 0.05) is 11.6 Å². The number of aryl methyl sites for hydroxylation is 3. The molecule has 0 spiro atoms. The SMILES string of the molecule is Cc1cc(C)c(C(=O)COC(=O)/C=C/c2ccc(C#N)cc2)c(C)c1. The molecule has 0 radical (unpaired) electrons. The highest BCUT2D eigenvalue weighted by Gasteiger charge is 2.14. The largest absolute Gasteiger partial charge is 0.454 e. The van der Waals surface area contributed by atoms with Gasteiger partial charge in [-0.3, -0.25) is 4.79 Å². The highest BCUT2D eigenvalue weighted by atomic mass is 16.5. The molecular weight excluding hydrogens is 314 g/mol. The monoisotopic (exact) mass is 333 g/mol. The lowest BCUT2D eigenvalue weighted by atomic mass is 9.97. The zero-order valence-corrected chi connectivity index (χ0v) is 14.5. The minimum Gasteiger partial charge on any atom is -0.454 e. The minimum absolute atomic E-state index is 0.213. The average Bonchev–Trinajstić information content (AvgIpc) is 2.57. The summed E-state index contributed by atoms with van der Waals surface area (Å²) < 4.78 is 5.04. The van der Waals surface area contributed by atoms with Crippen molar-refractivity contribution < 1.29 is 14.3 Å². The predicted octanol–water partition coefficient (Wildman–Crippen LogP) is 3.92. The van der Waals surface area contributed by atoms with Crippen molar-refractivity contribution in [1.82, 2.24) is 0 Å². The molecule has 25 heavy (non-hydrogen) atoms. The van der Waals surface area contributed by atoms with E-state index in [9.17, 15) is 9.59 Å². The summed E-state index contributed by atoms with van der Waals surface area (Å²) in [5.74, 6) is -0.796. The Morgan fingerprint density at radius 3 is 2.24 bits per heavy atom. The molecule has 0 amide bonds. The predicted molar refractivity (Wildman–Crippen MR) is 96.1 cm³/mol. The molecule has 0 atom stereocenters. The van der Waals surface area contributed by atoms with Gasteiger partial charge in [-0.25, -0.2) is 4.79 Å². The Morgan fingerprint density at radius 1 is 1.08 bits per heavy atom. The lowest BCUT2D eigenvalue weighted by Crippen LogP contribution is -2.15. The first-order valence-electron chi connectivity index (χ1n) is 7.86. The Morgan fingerprint density at radius 2 is 1.68 bits per heavy atom. The normalized spacial score (nSPS) is 10.5. The van der Waals surface area contributed by atoms with Crippen LogP contribution in [0.2, 0.25) is 0 Å². The van der Waals surface area contributed by atoms with Crippen molar-refractivity contribution >= 4 is 17.8 Å². The quantitative estimate of drug-likeness (QED) is 0.472. The van der Waals surface area contributed by atoms with E-state index in [-0.39, 0.29) is 12.4 Å². The summed E-state index contributed by atoms with van der Waals surface area (Å²) in [6.07, 6.45) is 2.85. The van der Waals surface area contributed by atoms with Crippen LogP contribution in [0, 0.1) is 32.1 Å². The maximum atomic E-state index is 12.3. The third-order valence-corrected chi connectivity index (χ3v) is 3.75. The van der Waals surface area contributed by atoms with Gasteiger partial charge >= 0.3 is 5.97 Å². The van der Waals surface area contributed by atoms with Gasteiger partial charge in [0.15, 0.2) is 6.61 Å². The number of hydrogen-bond donors (Lipinski definition) is 0. The molecule has 0 aliphatic rings. The van der Waals surface area contributed by atoms with Crippen LogP contribution in [0.5, 0.6) is 0 Å². The molecule has 0 aliphatic carbocycles. The van der Waals surface area contributed by atoms with E-state index in [0.717, 1.165) is 22.3 Å². The number of carbonyl (C=O) groups is 2. The Labute approximate surface area is 147 Å². The molecule has 0 saturated carbocycles. The number of Topliss-reactive ketones (excluding diaryl/α,β-unsaturated/α-hetero) is 1. The van der Waals surface area contributed by atoms with E-state index in [1.54, 1.807) is 30.3 Å². The molecule has 0 aliphatic heterocycles. The first-order chi connectivity index (χ1) is 11.9. The second-order valence-corrected chi connectivity index (χ2v) is 5.87. The first kappa shape index (κ1) is 18.2. The van der Waals surface area contributed by atoms with Crippen LogP contribution < -0.4 is 0 Å². The maximum Gasteiger partial charge on any atom is 0.331 e. The van der Waals surface area contributed by atoms with Crippen molar-refractivity contribution in [2.24, 2.45) is 0 Å². The number of nitriles is 1. The fourth-order valence-corrected chi connectivity index (χ4v) is 2.71. The minimum atomic E-state index is -0.583. The van der Waals surface area contributed by atoms with Crippen LogP contribution in [0.1, 0.15) is 38.2 Å². The molecule has 0 N–H and O–H groups in total. The van der Waals surface area contributed by atoms with Gasteiger partial charge in [0.2, 0.25) is 5.78 Å². The highest BCUT2D eigenvalue weighted by Crippen LogP contribution is 2.17. The molecule has 4 heteroatoms. The number of benzene rings is 2. The Balaban J connectivity index is 1.96. The molecule has 2 aromatic carbocycles. The van der Waals surface area contributed by atoms with Crippen molar-refractivity contribution in [2.45, 2.75) is 20.8 Å². The molecule has 0 bridgehead atoms. The van der Waals surface area contributed by atoms with Crippen molar-refractivity contribution in [3.05, 3.63) is 75.9 Å². The molecule has 2 rings (SSSR count). The molecular formula is C21H19NO3. The van der Waals surface area contributed by atoms with Gasteiger partial charge < -0.3 is 4.74 Å². The molecule has 4 nitrogen and oxygen atoms in total. The smallest absolute Gasteiger partial charge is 0.331 e. The number of hydrogen-bond acceptors (Lipinski definition) is 4. The number of esters is 1. The van der Waals surface area contributed by atoms with Gasteiger partial charge in [-0.05, 0) is 55.7 Å². The summed E-state index contributed by atoms with van der Waals surface area (Å²) in [4.78, 5) is 24.1. The van der Waals surface area contributed by atoms with Gasteiger partial charge in [0.25, 0.3) is 0 Å². The summed E-state index contributed by atoms with van der Waals surface area (Å²) in [6.45, 7) is 5.43. The van der Waals surface area contributed by atoms with Crippen LogP contribution in [0.15, 0.2) is 42.5 Å². The summed E-state index contributed by atoms with van der Waals surface area (Å²) >= 11 is 0. The Hall–Kier alpha value is -3.19. The van der Waals surface area contributed by atoms with Crippen LogP contribution in [0.4, 0.5) is 0 Å². The van der Waals surface area contributed by atoms with Crippen molar-refractivity contribution in [2.75, 3.05) is 6.61 Å². The zero-order chi connectivity index (χ0) is 18.4. The van der Waals surface area contributed by atoms with Crippen molar-refractivity contribution in [3.8, 4) is 6.07 Å². The van der Waals surface area contributed by atoms with Crippen LogP contribution in [-0.4, -0.2) is 18.4 Å². The first-order valence-corrected chi connectivity index (χ1v) is 7.86. The van der Waals surface area contributed by atoms with Gasteiger partial charge in [-0.15, -0.1) is 0 Å². The van der Waals surface area contributed by atoms with E-state index in [2.05, 4.69) is 0 Å². The van der Waals surface area contributed by atoms with Gasteiger partial charge in [-0.1, -0.05) is 29.8 Å². The molecule has 0 unspecified atom stereocenters. The molecule has 2 aromatic rings. The van der Waals surface area contributed by atoms with Crippen LogP contribution in [0.25, 0.3) is 6.08 Å². The topological polar surface area (TPSA) is 67.2 Å². The van der Waals surface area contributed by atoms with Crippen molar-refractivity contribution in [3.63, 3.8) is 0 Å². The standard InChI is InChI=1S/C21H19NO3/c1-14-10-15(2)21(16(3)11-14)19(23)13-25-20(24)9-8-17-4-6-18(12-22)7-5-17/h4-11H,13H2,1-3H3/b9-8+. The Bertz CT molecular complexity index is 848. The van der Waals surface area contributed by atoms with Crippen LogP contribution >= 0.6 is 0 Å². The molecule has 0 aromatic heterocycles. The summed E-state index contributed by atoms with van der Waals surface area (Å²) in [5, 5.41) is 8.74. The molecule has 0 fully saturated rings. The number of ketones is 1. The number of ether oxygens (including phenoxy) is 1. The van der Waals surface area contributed by atoms with E-state index in [0.29, 0.717) is 11.1 Å². The second-order valence-electron chi connectivity index (χ2n) is 5.87. The second kappa shape index (κ2) is 8.07. The van der Waals surface area contributed by atoms with E-state index >= 15 is 0 Å². The van der Waals surface area contributed by atoms with E-state index < -0.39 is 5.97 Å². The lowest BCUT2D eigenvalue weighted by Gasteiger charge is -2.10. The van der Waals surface area contributed by atoms with Gasteiger partial charge in [0.1, 0.15) is 0 Å². The fraction of sp³-hybridized carbons (Fsp3) is 0.190. The summed E-state index contributed by atoms with van der Waals surface area (Å²) in [6, 6.07) is 12.7. The fourth-order valence-electron chi connectivity index (χ4n) is 2.71. The molecule has 126 valence electrons. The van der Waals surface area contributed by atoms with Gasteiger partial charge in [0.05, 0.1) is 11.6 Å². The third kappa shape index (κ3) is 4.89. The zero-order valence-electron chi connectivity index (χ0n) is 14.5. The third-order valence-electron chi connectivity index (χ3n) is 3.75. The number of carbonyl (C=O) groups excluding carboxylic acids is 2. The van der Waals surface area contributed by atoms with E-state index in [1.807, 2.05) is 39.0 Å². The van der Waals surface area contributed by atoms with E-state index in [4.69, 9.17) is 10.00 Å². The van der Waals surface area contributed by atoms with Crippen molar-refractivity contribution in [1.29, 1.82) is 5.26 Å². The average molecular weight is 333 g/mol. The number of rotatable bonds is 5. The van der Waals surface area contributed by atoms with Gasteiger partial charge in [-0.2, -0.15) is 5.26 Å². The van der Waals surface area contributed by atoms with E-state index in [1.165, 1.54) is 6.08 Å². The van der Waals surface area contributed by atoms with Crippen LogP contribution in [-0.2, 0) is 9.53 Å². The summed E-state index contributed by atoms with van der Waals surface area (Å²) in [5.41, 5.74) is 4.78. The summed E-state index contributed by atoms with van der Waals surface area (Å²) in [7, 11) is 0. The lowest BCUT2D eigenvalue weighted by molar-refractivity contribution is -0.136. The van der Waals surface area contributed by atoms with Crippen LogP contribution in [0.3, 0.4) is 0 Å². The molecule has 0 saturated heterocycles. The Kier molecular flexibility index (Phi) is 5.86. The number of nitrogens with zero attached hydrogens (tertiary/aromatic N) is 1. The highest BCUT2D eigenvalue weighted by molar-refractivity contribution is 6.01. The molecule has 0 heterocycles. The maximum absolute atomic E-state index is 12.3.